The Morgan fingerprint density at radius 1 is 1.15 bits per heavy atom. The van der Waals surface area contributed by atoms with E-state index in [0.29, 0.717) is 5.56 Å². The van der Waals surface area contributed by atoms with E-state index < -0.39 is 11.9 Å². The van der Waals surface area contributed by atoms with Crippen molar-refractivity contribution in [2.75, 3.05) is 12.4 Å². The maximum atomic E-state index is 11.6. The first kappa shape index (κ1) is 13.7. The number of methoxy groups -OCH3 is 1. The molecule has 5 nitrogen and oxygen atoms in total. The number of benzene rings is 2. The number of hydrogen-bond donors (Lipinski definition) is 3. The molecule has 4 N–H and O–H groups in total. The molecule has 0 saturated heterocycles. The number of carbonyl (C=O) groups is 1. The van der Waals surface area contributed by atoms with Crippen LogP contribution in [0.2, 0.25) is 0 Å². The van der Waals surface area contributed by atoms with Gasteiger partial charge in [-0.25, -0.2) is 0 Å². The number of nitrogens with two attached hydrogens (primary N) is 1. The van der Waals surface area contributed by atoms with Gasteiger partial charge < -0.3 is 20.9 Å². The van der Waals surface area contributed by atoms with Crippen molar-refractivity contribution in [1.29, 1.82) is 0 Å². The summed E-state index contributed by atoms with van der Waals surface area (Å²) in [4.78, 5) is 11.6. The molecule has 1 amide bonds. The highest BCUT2D eigenvalue weighted by Gasteiger charge is 2.17. The quantitative estimate of drug-likeness (QED) is 0.777. The second kappa shape index (κ2) is 5.97. The summed E-state index contributed by atoms with van der Waals surface area (Å²) < 4.78 is 5.07. The van der Waals surface area contributed by atoms with Crippen molar-refractivity contribution in [3.05, 3.63) is 54.1 Å². The van der Waals surface area contributed by atoms with Gasteiger partial charge in [0.05, 0.1) is 7.11 Å². The zero-order valence-corrected chi connectivity index (χ0v) is 11.0. The van der Waals surface area contributed by atoms with Crippen molar-refractivity contribution in [2.45, 2.75) is 6.04 Å². The Bertz CT molecular complexity index is 579. The van der Waals surface area contributed by atoms with Gasteiger partial charge in [-0.15, -0.1) is 0 Å². The summed E-state index contributed by atoms with van der Waals surface area (Å²) in [7, 11) is 1.59. The zero-order valence-electron chi connectivity index (χ0n) is 11.0. The third kappa shape index (κ3) is 3.20. The summed E-state index contributed by atoms with van der Waals surface area (Å²) in [5, 5.41) is 12.3. The predicted octanol–water partition coefficient (Wildman–Crippen LogP) is 2.04. The van der Waals surface area contributed by atoms with Crippen LogP contribution in [0.1, 0.15) is 11.6 Å². The van der Waals surface area contributed by atoms with Gasteiger partial charge in [0.25, 0.3) is 0 Å². The highest BCUT2D eigenvalue weighted by molar-refractivity contribution is 5.84. The minimum absolute atomic E-state index is 0.140. The first-order valence-electron chi connectivity index (χ1n) is 6.09. The SMILES string of the molecule is COc1ccc(NC(C(N)=O)c2ccc(O)cc2)cc1. The molecule has 0 heterocycles. The standard InChI is InChI=1S/C15H16N2O3/c1-20-13-8-4-11(5-9-13)17-14(15(16)19)10-2-6-12(18)7-3-10/h2-9,14,17-18H,1H3,(H2,16,19). The topological polar surface area (TPSA) is 84.6 Å². The number of anilines is 1. The molecule has 2 aromatic rings. The van der Waals surface area contributed by atoms with Gasteiger partial charge in [-0.05, 0) is 42.0 Å². The average Bonchev–Trinajstić information content (AvgIpc) is 2.46. The molecule has 0 saturated carbocycles. The van der Waals surface area contributed by atoms with Gasteiger partial charge in [-0.3, -0.25) is 4.79 Å². The number of amides is 1. The summed E-state index contributed by atoms with van der Waals surface area (Å²) in [5.74, 6) is 0.378. The molecule has 20 heavy (non-hydrogen) atoms. The van der Waals surface area contributed by atoms with E-state index in [2.05, 4.69) is 5.32 Å². The summed E-state index contributed by atoms with van der Waals surface area (Å²) in [6.45, 7) is 0. The van der Waals surface area contributed by atoms with Gasteiger partial charge in [0, 0.05) is 5.69 Å². The van der Waals surface area contributed by atoms with E-state index in [9.17, 15) is 9.90 Å². The fraction of sp³-hybridized carbons (Fsp3) is 0.133. The van der Waals surface area contributed by atoms with Crippen LogP contribution in [0.5, 0.6) is 11.5 Å². The Labute approximate surface area is 117 Å². The van der Waals surface area contributed by atoms with Gasteiger partial charge in [-0.2, -0.15) is 0 Å². The third-order valence-corrected chi connectivity index (χ3v) is 2.91. The number of rotatable bonds is 5. The van der Waals surface area contributed by atoms with Gasteiger partial charge in [-0.1, -0.05) is 12.1 Å². The van der Waals surface area contributed by atoms with Crippen LogP contribution in [-0.4, -0.2) is 18.1 Å². The number of ether oxygens (including phenoxy) is 1. The molecule has 0 fully saturated rings. The van der Waals surface area contributed by atoms with Crippen molar-refractivity contribution < 1.29 is 14.6 Å². The largest absolute Gasteiger partial charge is 0.508 e. The fourth-order valence-corrected chi connectivity index (χ4v) is 1.84. The Balaban J connectivity index is 2.20. The highest BCUT2D eigenvalue weighted by Crippen LogP contribution is 2.23. The van der Waals surface area contributed by atoms with E-state index in [1.54, 1.807) is 43.5 Å². The number of primary amides is 1. The summed E-state index contributed by atoms with van der Waals surface area (Å²) in [6, 6.07) is 12.9. The summed E-state index contributed by atoms with van der Waals surface area (Å²) in [5.41, 5.74) is 6.86. The molecule has 0 aliphatic rings. The minimum Gasteiger partial charge on any atom is -0.508 e. The van der Waals surface area contributed by atoms with E-state index in [1.807, 2.05) is 0 Å². The third-order valence-electron chi connectivity index (χ3n) is 2.91. The Morgan fingerprint density at radius 3 is 2.25 bits per heavy atom. The smallest absolute Gasteiger partial charge is 0.244 e. The molecule has 0 radical (unpaired) electrons. The van der Waals surface area contributed by atoms with Crippen LogP contribution < -0.4 is 15.8 Å². The first-order chi connectivity index (χ1) is 9.60. The number of phenols is 1. The average molecular weight is 272 g/mol. The van der Waals surface area contributed by atoms with Gasteiger partial charge in [0.15, 0.2) is 0 Å². The van der Waals surface area contributed by atoms with E-state index >= 15 is 0 Å². The molecule has 104 valence electrons. The van der Waals surface area contributed by atoms with Crippen LogP contribution in [0.4, 0.5) is 5.69 Å². The number of phenolic OH excluding ortho intramolecular Hbond substituents is 1. The molecule has 2 aromatic carbocycles. The molecular weight excluding hydrogens is 256 g/mol. The minimum atomic E-state index is -0.663. The van der Waals surface area contributed by atoms with Crippen molar-refractivity contribution in [2.24, 2.45) is 5.73 Å². The Morgan fingerprint density at radius 2 is 1.75 bits per heavy atom. The second-order valence-electron chi connectivity index (χ2n) is 4.30. The molecule has 2 rings (SSSR count). The monoisotopic (exact) mass is 272 g/mol. The number of nitrogens with one attached hydrogen (secondary N) is 1. The number of aromatic hydroxyl groups is 1. The number of carbonyl (C=O) groups excluding carboxylic acids is 1. The normalized spacial score (nSPS) is 11.7. The van der Waals surface area contributed by atoms with Gasteiger partial charge >= 0.3 is 0 Å². The van der Waals surface area contributed by atoms with Crippen LogP contribution in [0.3, 0.4) is 0 Å². The van der Waals surface area contributed by atoms with Crippen molar-refractivity contribution in [3.8, 4) is 11.5 Å². The highest BCUT2D eigenvalue weighted by atomic mass is 16.5. The predicted molar refractivity (Wildman–Crippen MR) is 76.7 cm³/mol. The molecule has 0 aliphatic carbocycles. The first-order valence-corrected chi connectivity index (χ1v) is 6.09. The second-order valence-corrected chi connectivity index (χ2v) is 4.30. The molecular formula is C15H16N2O3. The lowest BCUT2D eigenvalue weighted by Crippen LogP contribution is -2.27. The lowest BCUT2D eigenvalue weighted by molar-refractivity contribution is -0.118. The van der Waals surface area contributed by atoms with E-state index in [4.69, 9.17) is 10.5 Å². The van der Waals surface area contributed by atoms with E-state index in [0.717, 1.165) is 11.4 Å². The lowest BCUT2D eigenvalue weighted by Gasteiger charge is -2.17. The lowest BCUT2D eigenvalue weighted by atomic mass is 10.1. The fourth-order valence-electron chi connectivity index (χ4n) is 1.84. The van der Waals surface area contributed by atoms with Crippen LogP contribution in [0.25, 0.3) is 0 Å². The Hall–Kier alpha value is -2.69. The molecule has 1 atom stereocenters. The van der Waals surface area contributed by atoms with Crippen molar-refractivity contribution in [1.82, 2.24) is 0 Å². The molecule has 0 bridgehead atoms. The number of hydrogen-bond acceptors (Lipinski definition) is 4. The summed E-state index contributed by atoms with van der Waals surface area (Å²) in [6.07, 6.45) is 0. The zero-order chi connectivity index (χ0) is 14.5. The molecule has 0 aliphatic heterocycles. The maximum Gasteiger partial charge on any atom is 0.244 e. The molecule has 1 unspecified atom stereocenters. The maximum absolute atomic E-state index is 11.6. The van der Waals surface area contributed by atoms with Crippen molar-refractivity contribution >= 4 is 11.6 Å². The van der Waals surface area contributed by atoms with E-state index in [1.165, 1.54) is 12.1 Å². The van der Waals surface area contributed by atoms with Gasteiger partial charge in [0.2, 0.25) is 5.91 Å². The van der Waals surface area contributed by atoms with E-state index in [-0.39, 0.29) is 5.75 Å². The van der Waals surface area contributed by atoms with Crippen LogP contribution in [0, 0.1) is 0 Å². The molecule has 0 aromatic heterocycles. The molecule has 5 heteroatoms. The summed E-state index contributed by atoms with van der Waals surface area (Å²) >= 11 is 0. The van der Waals surface area contributed by atoms with Crippen LogP contribution in [-0.2, 0) is 4.79 Å². The van der Waals surface area contributed by atoms with Crippen LogP contribution in [0.15, 0.2) is 48.5 Å². The molecule has 0 spiro atoms. The van der Waals surface area contributed by atoms with Crippen molar-refractivity contribution in [3.63, 3.8) is 0 Å². The van der Waals surface area contributed by atoms with Crippen LogP contribution >= 0.6 is 0 Å². The Kier molecular flexibility index (Phi) is 4.10. The van der Waals surface area contributed by atoms with Gasteiger partial charge in [0.1, 0.15) is 17.5 Å².